The molecule has 20 aromatic rings. The van der Waals surface area contributed by atoms with Crippen LogP contribution in [0, 0.1) is 27.7 Å². The van der Waals surface area contributed by atoms with Crippen LogP contribution in [0.25, 0.3) is 178 Å². The summed E-state index contributed by atoms with van der Waals surface area (Å²) in [6.07, 6.45) is 18.5. The van der Waals surface area contributed by atoms with Gasteiger partial charge in [0.1, 0.15) is 67.2 Å². The molecule has 8 aromatic carbocycles. The molecule has 12 nitrogen and oxygen atoms in total. The van der Waals surface area contributed by atoms with Gasteiger partial charge in [-0.1, -0.05) is 232 Å². The summed E-state index contributed by atoms with van der Waals surface area (Å²) in [7, 11) is 8.44. The van der Waals surface area contributed by atoms with E-state index in [0.717, 1.165) is 111 Å². The van der Waals surface area contributed by atoms with Gasteiger partial charge in [-0.3, -0.25) is 19.9 Å². The molecule has 0 N–H and O–H groups in total. The Morgan fingerprint density at radius 1 is 0.265 bits per heavy atom. The van der Waals surface area contributed by atoms with E-state index in [-0.39, 0.29) is 21.7 Å². The molecular formula is C120H116N8O4+4. The van der Waals surface area contributed by atoms with E-state index < -0.39 is 0 Å². The number of fused-ring (bicyclic) bond motifs is 28. The van der Waals surface area contributed by atoms with Crippen molar-refractivity contribution in [2.75, 3.05) is 0 Å². The highest BCUT2D eigenvalue weighted by Gasteiger charge is 2.44. The maximum atomic E-state index is 6.83. The van der Waals surface area contributed by atoms with Crippen molar-refractivity contribution < 1.29 is 35.9 Å². The van der Waals surface area contributed by atoms with E-state index in [4.69, 9.17) is 32.6 Å². The number of hydrogen-bond acceptors (Lipinski definition) is 8. The standard InChI is InChI=1S/4C30H29N2O/c1-17(2)19-12-14-32(6)25(15-19)26-18(3)7-8-20-21-9-10-23-27(29(21)33-28(20)26)22-11-13-31-16-24(22)30(23,4)5;1-17(2)19-13-15-32(6)24(16-19)25-18(3)9-10-20-21-11-12-22-26(29(21)33-28(20)25)27-23(30(22,4)5)8-7-14-31-27;1-17(2)19-13-14-32(6)24(15-19)25-18(3)11-12-20-22-16-31-29-26(28(22)33-27(20)25)21-9-7-8-10-23(21)30(29,4)5;1-17(2)19-13-14-32(6)24(15-19)25-18(3)11-12-21-27-29(33-28(21)25)26-20-9-7-8-10-22(20)30(4,5)23(26)16-31-27/h4*7-17H,1-6H3/q4*+1. The molecule has 0 spiro atoms. The first-order chi connectivity index (χ1) is 63.1. The molecule has 12 aromatic heterocycles. The molecule has 0 saturated heterocycles. The first-order valence-corrected chi connectivity index (χ1v) is 46.9. The Morgan fingerprint density at radius 2 is 0.614 bits per heavy atom. The van der Waals surface area contributed by atoms with Gasteiger partial charge >= 0.3 is 0 Å². The average molecular weight is 1730 g/mol. The molecule has 0 bridgehead atoms. The van der Waals surface area contributed by atoms with Crippen LogP contribution in [-0.2, 0) is 49.9 Å². The number of benzene rings is 8. The van der Waals surface area contributed by atoms with Crippen LogP contribution in [-0.4, -0.2) is 19.9 Å². The SMILES string of the molecule is Cc1ccc2c(oc3c4c(ccc32)C(C)(C)c2cccnc2-4)c1-c1cc(C(C)C)cc[n+]1C.Cc1ccc2c(oc3c4c(ccc32)C(C)(C)c2cnccc2-4)c1-c1cc(C(C)C)cc[n+]1C.Cc1ccc2c(oc3c4c(cnc32)C(C)(C)c2ccccc2-4)c1-c1cc(C(C)C)cc[n+]1C.Cc1ccc2c(oc3c4c(ncc32)C(C)(C)c2ccccc2-4)c1-c1cc(C(C)C)cc[n+]1C. The van der Waals surface area contributed by atoms with Gasteiger partial charge in [0.25, 0.3) is 0 Å². The van der Waals surface area contributed by atoms with Crippen LogP contribution in [0.15, 0.2) is 261 Å². The normalized spacial score (nSPS) is 14.3. The lowest BCUT2D eigenvalue weighted by molar-refractivity contribution is -0.660. The fourth-order valence-corrected chi connectivity index (χ4v) is 22.1. The molecule has 4 aliphatic carbocycles. The first-order valence-electron chi connectivity index (χ1n) is 46.9. The molecule has 0 unspecified atom stereocenters. The third kappa shape index (κ3) is 12.9. The summed E-state index contributed by atoms with van der Waals surface area (Å²) in [6, 6.07) is 68.4. The number of furan rings is 4. The zero-order valence-electron chi connectivity index (χ0n) is 80.6. The lowest BCUT2D eigenvalue weighted by Gasteiger charge is -2.20. The summed E-state index contributed by atoms with van der Waals surface area (Å²) >= 11 is 0. The number of pyridine rings is 8. The number of aromatic nitrogens is 8. The van der Waals surface area contributed by atoms with Crippen LogP contribution in [0.2, 0.25) is 0 Å². The number of rotatable bonds is 8. The van der Waals surface area contributed by atoms with E-state index in [1.807, 2.05) is 30.9 Å². The molecular weight excluding hydrogens is 1620 g/mol. The second kappa shape index (κ2) is 30.9. The van der Waals surface area contributed by atoms with Crippen molar-refractivity contribution in [3.8, 4) is 89.7 Å². The van der Waals surface area contributed by atoms with Crippen LogP contribution in [0.1, 0.15) is 224 Å². The molecule has 12 heterocycles. The van der Waals surface area contributed by atoms with Gasteiger partial charge in [-0.05, 0) is 170 Å². The zero-order valence-corrected chi connectivity index (χ0v) is 80.6. The lowest BCUT2D eigenvalue weighted by atomic mass is 9.82. The Labute approximate surface area is 773 Å². The molecule has 4 aliphatic rings. The van der Waals surface area contributed by atoms with E-state index in [1.54, 1.807) is 0 Å². The third-order valence-corrected chi connectivity index (χ3v) is 30.0. The van der Waals surface area contributed by atoms with Crippen molar-refractivity contribution in [1.29, 1.82) is 0 Å². The minimum absolute atomic E-state index is 0.0944. The predicted molar refractivity (Wildman–Crippen MR) is 538 cm³/mol. The molecule has 0 amide bonds. The molecule has 24 rings (SSSR count). The van der Waals surface area contributed by atoms with Crippen LogP contribution >= 0.6 is 0 Å². The quantitative estimate of drug-likeness (QED) is 0.138. The van der Waals surface area contributed by atoms with E-state index in [9.17, 15) is 0 Å². The maximum absolute atomic E-state index is 6.83. The van der Waals surface area contributed by atoms with Crippen molar-refractivity contribution in [2.24, 2.45) is 28.2 Å². The van der Waals surface area contributed by atoms with Gasteiger partial charge < -0.3 is 17.7 Å². The van der Waals surface area contributed by atoms with E-state index in [2.05, 4.69) is 403 Å². The molecule has 132 heavy (non-hydrogen) atoms. The fourth-order valence-electron chi connectivity index (χ4n) is 22.1. The van der Waals surface area contributed by atoms with Crippen LogP contribution in [0.3, 0.4) is 0 Å². The van der Waals surface area contributed by atoms with E-state index >= 15 is 0 Å². The second-order valence-corrected chi connectivity index (χ2v) is 41.0. The molecule has 0 atom stereocenters. The highest BCUT2D eigenvalue weighted by atomic mass is 16.3. The fraction of sp³-hybridized carbons (Fsp3) is 0.267. The van der Waals surface area contributed by atoms with E-state index in [0.29, 0.717) is 23.7 Å². The van der Waals surface area contributed by atoms with E-state index in [1.165, 1.54) is 156 Å². The molecule has 12 heteroatoms. The Balaban J connectivity index is 0.000000106. The minimum atomic E-state index is -0.143. The van der Waals surface area contributed by atoms with Gasteiger partial charge in [-0.2, -0.15) is 0 Å². The Hall–Kier alpha value is -13.8. The third-order valence-electron chi connectivity index (χ3n) is 30.0. The second-order valence-electron chi connectivity index (χ2n) is 41.0. The van der Waals surface area contributed by atoms with Crippen LogP contribution in [0.5, 0.6) is 0 Å². The monoisotopic (exact) mass is 1730 g/mol. The largest absolute Gasteiger partial charge is 0.454 e. The topological polar surface area (TPSA) is 120 Å². The summed E-state index contributed by atoms with van der Waals surface area (Å²) in [5, 5.41) is 7.94. The summed E-state index contributed by atoms with van der Waals surface area (Å²) in [5.74, 6) is 1.86. The molecule has 0 aliphatic heterocycles. The average Bonchev–Trinajstić information content (AvgIpc) is 1.56. The Morgan fingerprint density at radius 3 is 1.08 bits per heavy atom. The molecule has 0 saturated carbocycles. The summed E-state index contributed by atoms with van der Waals surface area (Å²) in [4.78, 5) is 19.2. The number of hydrogen-bond donors (Lipinski definition) is 0. The highest BCUT2D eigenvalue weighted by Crippen LogP contribution is 2.58. The van der Waals surface area contributed by atoms with Gasteiger partial charge in [-0.15, -0.1) is 0 Å². The summed E-state index contributed by atoms with van der Waals surface area (Å²) in [5.41, 5.74) is 47.2. The van der Waals surface area contributed by atoms with Gasteiger partial charge in [-0.25, -0.2) is 18.3 Å². The predicted octanol–water partition coefficient (Wildman–Crippen LogP) is 28.8. The van der Waals surface area contributed by atoms with Crippen molar-refractivity contribution in [3.63, 3.8) is 0 Å². The smallest absolute Gasteiger partial charge is 0.216 e. The van der Waals surface area contributed by atoms with Crippen LogP contribution in [0.4, 0.5) is 0 Å². The molecule has 0 fully saturated rings. The lowest BCUT2D eigenvalue weighted by Crippen LogP contribution is -2.31. The number of aryl methyl sites for hydroxylation is 8. The maximum Gasteiger partial charge on any atom is 0.216 e. The van der Waals surface area contributed by atoms with Crippen molar-refractivity contribution in [1.82, 2.24) is 19.9 Å². The van der Waals surface area contributed by atoms with Gasteiger partial charge in [0.05, 0.1) is 33.6 Å². The minimum Gasteiger partial charge on any atom is -0.454 e. The summed E-state index contributed by atoms with van der Waals surface area (Å²) in [6.45, 7) is 44.8. The van der Waals surface area contributed by atoms with Gasteiger partial charge in [0.15, 0.2) is 36.0 Å². The first kappa shape index (κ1) is 85.0. The molecule has 656 valence electrons. The van der Waals surface area contributed by atoms with Crippen molar-refractivity contribution in [3.05, 3.63) is 333 Å². The molecule has 0 radical (unpaired) electrons. The Kier molecular flexibility index (Phi) is 19.9. The van der Waals surface area contributed by atoms with Crippen molar-refractivity contribution in [2.45, 2.75) is 184 Å². The van der Waals surface area contributed by atoms with Crippen LogP contribution < -0.4 is 18.3 Å². The van der Waals surface area contributed by atoms with Gasteiger partial charge in [0.2, 0.25) is 22.8 Å². The highest BCUT2D eigenvalue weighted by molar-refractivity contribution is 6.18. The Bertz CT molecular complexity index is 7310. The summed E-state index contributed by atoms with van der Waals surface area (Å²) < 4.78 is 36.0. The van der Waals surface area contributed by atoms with Crippen molar-refractivity contribution >= 4 is 87.9 Å². The van der Waals surface area contributed by atoms with Gasteiger partial charge in [0, 0.05) is 161 Å². The zero-order chi connectivity index (χ0) is 92.3. The number of nitrogens with zero attached hydrogens (tertiary/aromatic N) is 8.